The van der Waals surface area contributed by atoms with Gasteiger partial charge in [-0.2, -0.15) is 0 Å². The summed E-state index contributed by atoms with van der Waals surface area (Å²) in [6.07, 6.45) is 1.34. The van der Waals surface area contributed by atoms with E-state index in [-0.39, 0.29) is 18.0 Å². The maximum Gasteiger partial charge on any atom is 0.257 e. The molecular weight excluding hydrogens is 309 g/mol. The maximum absolute atomic E-state index is 13.5. The molecule has 126 valence electrons. The molecule has 0 saturated heterocycles. The monoisotopic (exact) mass is 329 g/mol. The molecule has 0 heterocycles. The van der Waals surface area contributed by atoms with Crippen LogP contribution in [0.4, 0.5) is 4.39 Å². The molecule has 0 saturated carbocycles. The van der Waals surface area contributed by atoms with Gasteiger partial charge in [0.05, 0.1) is 19.2 Å². The van der Waals surface area contributed by atoms with Crippen molar-refractivity contribution in [2.75, 3.05) is 20.7 Å². The van der Waals surface area contributed by atoms with Crippen LogP contribution in [-0.2, 0) is 12.0 Å². The third kappa shape index (κ3) is 2.87. The lowest BCUT2D eigenvalue weighted by Crippen LogP contribution is -2.40. The number of amides is 1. The van der Waals surface area contributed by atoms with Gasteiger partial charge in [-0.15, -0.1) is 0 Å². The van der Waals surface area contributed by atoms with Crippen LogP contribution in [0.15, 0.2) is 42.5 Å². The van der Waals surface area contributed by atoms with Gasteiger partial charge >= 0.3 is 0 Å². The number of fused-ring (bicyclic) bond motifs is 1. The molecule has 1 aliphatic carbocycles. The fraction of sp³-hybridized carbons (Fsp3) is 0.316. The Morgan fingerprint density at radius 3 is 2.83 bits per heavy atom. The van der Waals surface area contributed by atoms with Crippen LogP contribution in [0, 0.1) is 5.82 Å². The minimum atomic E-state index is -1.08. The van der Waals surface area contributed by atoms with Crippen molar-refractivity contribution in [3.63, 3.8) is 0 Å². The predicted molar refractivity (Wildman–Crippen MR) is 88.6 cm³/mol. The topological polar surface area (TPSA) is 49.8 Å². The van der Waals surface area contributed by atoms with Crippen LogP contribution in [0.1, 0.15) is 27.9 Å². The van der Waals surface area contributed by atoms with Crippen molar-refractivity contribution in [2.24, 2.45) is 0 Å². The van der Waals surface area contributed by atoms with E-state index in [1.54, 1.807) is 7.05 Å². The molecule has 24 heavy (non-hydrogen) atoms. The Morgan fingerprint density at radius 1 is 1.33 bits per heavy atom. The van der Waals surface area contributed by atoms with Gasteiger partial charge in [0.1, 0.15) is 17.2 Å². The molecular formula is C19H20FNO3. The SMILES string of the molecule is COc1ccc(F)cc1C(=O)N(C)CC1(O)CCc2ccccc21. The second-order valence-electron chi connectivity index (χ2n) is 6.19. The zero-order valence-electron chi connectivity index (χ0n) is 13.8. The Hall–Kier alpha value is -2.40. The number of hydrogen-bond acceptors (Lipinski definition) is 3. The predicted octanol–water partition coefficient (Wildman–Crippen LogP) is 2.74. The summed E-state index contributed by atoms with van der Waals surface area (Å²) in [6.45, 7) is 0.141. The van der Waals surface area contributed by atoms with E-state index in [2.05, 4.69) is 0 Å². The first-order valence-corrected chi connectivity index (χ1v) is 7.84. The van der Waals surface area contributed by atoms with Gasteiger partial charge in [-0.3, -0.25) is 4.79 Å². The number of aliphatic hydroxyl groups is 1. The van der Waals surface area contributed by atoms with Crippen LogP contribution in [0.5, 0.6) is 5.75 Å². The number of nitrogens with zero attached hydrogens (tertiary/aromatic N) is 1. The van der Waals surface area contributed by atoms with Crippen LogP contribution < -0.4 is 4.74 Å². The summed E-state index contributed by atoms with van der Waals surface area (Å²) in [5, 5.41) is 11.0. The molecule has 0 aliphatic heterocycles. The Morgan fingerprint density at radius 2 is 2.08 bits per heavy atom. The van der Waals surface area contributed by atoms with Gasteiger partial charge in [-0.25, -0.2) is 4.39 Å². The lowest BCUT2D eigenvalue weighted by Gasteiger charge is -2.30. The third-order valence-electron chi connectivity index (χ3n) is 4.56. The van der Waals surface area contributed by atoms with Gasteiger partial charge < -0.3 is 14.7 Å². The summed E-state index contributed by atoms with van der Waals surface area (Å²) >= 11 is 0. The van der Waals surface area contributed by atoms with E-state index >= 15 is 0 Å². The molecule has 5 heteroatoms. The quantitative estimate of drug-likeness (QED) is 0.938. The van der Waals surface area contributed by atoms with Gasteiger partial charge in [0.15, 0.2) is 0 Å². The number of methoxy groups -OCH3 is 1. The first-order valence-electron chi connectivity index (χ1n) is 7.84. The second kappa shape index (κ2) is 6.24. The number of benzene rings is 2. The van der Waals surface area contributed by atoms with Crippen molar-refractivity contribution in [1.29, 1.82) is 0 Å². The molecule has 1 atom stereocenters. The van der Waals surface area contributed by atoms with Gasteiger partial charge in [-0.05, 0) is 42.2 Å². The number of carbonyl (C=O) groups excluding carboxylic acids is 1. The second-order valence-corrected chi connectivity index (χ2v) is 6.19. The third-order valence-corrected chi connectivity index (χ3v) is 4.56. The van der Waals surface area contributed by atoms with E-state index in [4.69, 9.17) is 4.74 Å². The van der Waals surface area contributed by atoms with Crippen LogP contribution in [0.25, 0.3) is 0 Å². The summed E-state index contributed by atoms with van der Waals surface area (Å²) in [5.74, 6) is -0.575. The zero-order valence-corrected chi connectivity index (χ0v) is 13.8. The highest BCUT2D eigenvalue weighted by molar-refractivity contribution is 5.96. The standard InChI is InChI=1S/C19H20FNO3/c1-21(18(22)15-11-14(20)7-8-17(15)24-2)12-19(23)10-9-13-5-3-4-6-16(13)19/h3-8,11,23H,9-10,12H2,1-2H3. The van der Waals surface area contributed by atoms with Crippen LogP contribution >= 0.6 is 0 Å². The summed E-state index contributed by atoms with van der Waals surface area (Å²) in [6, 6.07) is 11.5. The normalized spacial score (nSPS) is 19.0. The van der Waals surface area contributed by atoms with Gasteiger partial charge in [-0.1, -0.05) is 24.3 Å². The highest BCUT2D eigenvalue weighted by Crippen LogP contribution is 2.37. The summed E-state index contributed by atoms with van der Waals surface area (Å²) in [4.78, 5) is 14.1. The van der Waals surface area contributed by atoms with E-state index in [0.717, 1.165) is 23.6 Å². The van der Waals surface area contributed by atoms with Crippen molar-refractivity contribution < 1.29 is 19.0 Å². The Bertz CT molecular complexity index is 777. The van der Waals surface area contributed by atoms with Crippen molar-refractivity contribution in [1.82, 2.24) is 4.90 Å². The number of halogens is 1. The minimum absolute atomic E-state index is 0.141. The molecule has 0 fully saturated rings. The fourth-order valence-electron chi connectivity index (χ4n) is 3.35. The Kier molecular flexibility index (Phi) is 4.28. The lowest BCUT2D eigenvalue weighted by molar-refractivity contribution is 0.00795. The zero-order chi connectivity index (χ0) is 17.3. The fourth-order valence-corrected chi connectivity index (χ4v) is 3.35. The molecule has 4 nitrogen and oxygen atoms in total. The van der Waals surface area contributed by atoms with Crippen molar-refractivity contribution >= 4 is 5.91 Å². The molecule has 1 unspecified atom stereocenters. The molecule has 3 rings (SSSR count). The number of ether oxygens (including phenoxy) is 1. The molecule has 1 N–H and O–H groups in total. The first-order chi connectivity index (χ1) is 11.4. The summed E-state index contributed by atoms with van der Waals surface area (Å²) < 4.78 is 18.7. The van der Waals surface area contributed by atoms with E-state index in [1.165, 1.54) is 24.1 Å². The average Bonchev–Trinajstić information content (AvgIpc) is 2.91. The lowest BCUT2D eigenvalue weighted by atomic mass is 9.95. The van der Waals surface area contributed by atoms with Crippen LogP contribution in [-0.4, -0.2) is 36.6 Å². The van der Waals surface area contributed by atoms with Gasteiger partial charge in [0, 0.05) is 7.05 Å². The molecule has 1 aliphatic rings. The maximum atomic E-state index is 13.5. The van der Waals surface area contributed by atoms with E-state index in [9.17, 15) is 14.3 Å². The summed E-state index contributed by atoms with van der Waals surface area (Å²) in [5.41, 5.74) is 1.02. The number of carbonyl (C=O) groups is 1. The largest absolute Gasteiger partial charge is 0.496 e. The van der Waals surface area contributed by atoms with Crippen molar-refractivity contribution in [2.45, 2.75) is 18.4 Å². The molecule has 2 aromatic rings. The Labute approximate surface area is 140 Å². The molecule has 0 radical (unpaired) electrons. The smallest absolute Gasteiger partial charge is 0.257 e. The van der Waals surface area contributed by atoms with E-state index in [1.807, 2.05) is 24.3 Å². The first kappa shape index (κ1) is 16.5. The number of likely N-dealkylation sites (N-methyl/N-ethyl adjacent to an activating group) is 1. The van der Waals surface area contributed by atoms with E-state index < -0.39 is 11.4 Å². The average molecular weight is 329 g/mol. The number of rotatable bonds is 4. The minimum Gasteiger partial charge on any atom is -0.496 e. The molecule has 0 spiro atoms. The van der Waals surface area contributed by atoms with Crippen LogP contribution in [0.3, 0.4) is 0 Å². The molecule has 1 amide bonds. The number of hydrogen-bond donors (Lipinski definition) is 1. The number of aryl methyl sites for hydroxylation is 1. The van der Waals surface area contributed by atoms with Crippen molar-refractivity contribution in [3.8, 4) is 5.75 Å². The van der Waals surface area contributed by atoms with Gasteiger partial charge in [0.25, 0.3) is 5.91 Å². The summed E-state index contributed by atoms with van der Waals surface area (Å²) in [7, 11) is 3.04. The highest BCUT2D eigenvalue weighted by atomic mass is 19.1. The van der Waals surface area contributed by atoms with Gasteiger partial charge in [0.2, 0.25) is 0 Å². The molecule has 2 aromatic carbocycles. The van der Waals surface area contributed by atoms with E-state index in [0.29, 0.717) is 12.2 Å². The van der Waals surface area contributed by atoms with Crippen LogP contribution in [0.2, 0.25) is 0 Å². The molecule has 0 aromatic heterocycles. The Balaban J connectivity index is 1.84. The highest BCUT2D eigenvalue weighted by Gasteiger charge is 2.38. The van der Waals surface area contributed by atoms with Crippen molar-refractivity contribution in [3.05, 3.63) is 65.0 Å². The molecule has 0 bridgehead atoms.